The molecule has 0 aliphatic carbocycles. The van der Waals surface area contributed by atoms with E-state index >= 15 is 0 Å². The number of esters is 1. The second kappa shape index (κ2) is 7.44. The van der Waals surface area contributed by atoms with Crippen LogP contribution in [0.4, 0.5) is 11.7 Å². The van der Waals surface area contributed by atoms with Crippen LogP contribution < -0.4 is 5.32 Å². The van der Waals surface area contributed by atoms with Crippen LogP contribution in [-0.4, -0.2) is 31.3 Å². The quantitative estimate of drug-likeness (QED) is 0.790. The molecule has 0 saturated heterocycles. The van der Waals surface area contributed by atoms with Crippen molar-refractivity contribution in [2.24, 2.45) is 0 Å². The molecule has 2 aromatic rings. The third kappa shape index (κ3) is 4.06. The highest BCUT2D eigenvalue weighted by atomic mass is 16.5. The molecule has 0 saturated carbocycles. The minimum absolute atomic E-state index is 0.147. The Labute approximate surface area is 123 Å². The summed E-state index contributed by atoms with van der Waals surface area (Å²) in [5.41, 5.74) is 2.09. The second-order valence-electron chi connectivity index (χ2n) is 4.28. The predicted molar refractivity (Wildman–Crippen MR) is 77.8 cm³/mol. The molecule has 0 radical (unpaired) electrons. The maximum absolute atomic E-state index is 11.5. The van der Waals surface area contributed by atoms with Crippen molar-refractivity contribution < 1.29 is 18.7 Å². The number of rotatable bonds is 7. The van der Waals surface area contributed by atoms with Gasteiger partial charge in [-0.2, -0.15) is 4.98 Å². The maximum Gasteiger partial charge on any atom is 0.360 e. The van der Waals surface area contributed by atoms with Gasteiger partial charge in [0.2, 0.25) is 0 Å². The molecular formula is C15H18N2O4. The minimum Gasteiger partial charge on any atom is -0.461 e. The van der Waals surface area contributed by atoms with E-state index < -0.39 is 5.97 Å². The fourth-order valence-corrected chi connectivity index (χ4v) is 1.82. The van der Waals surface area contributed by atoms with Gasteiger partial charge in [0.15, 0.2) is 5.69 Å². The molecule has 6 heteroatoms. The van der Waals surface area contributed by atoms with Gasteiger partial charge in [-0.25, -0.2) is 4.79 Å². The molecule has 0 aliphatic rings. The number of aromatic nitrogens is 1. The molecule has 112 valence electrons. The molecule has 0 unspecified atom stereocenters. The summed E-state index contributed by atoms with van der Waals surface area (Å²) in [6.45, 7) is 2.66. The van der Waals surface area contributed by atoms with Gasteiger partial charge in [0, 0.05) is 12.8 Å². The number of hydrogen-bond donors (Lipinski definition) is 1. The molecule has 0 aliphatic heterocycles. The van der Waals surface area contributed by atoms with Crippen molar-refractivity contribution >= 4 is 17.7 Å². The molecule has 0 amide bonds. The summed E-state index contributed by atoms with van der Waals surface area (Å²) in [4.78, 5) is 15.6. The van der Waals surface area contributed by atoms with Crippen molar-refractivity contribution in [1.82, 2.24) is 4.98 Å². The summed E-state index contributed by atoms with van der Waals surface area (Å²) in [6.07, 6.45) is 2.04. The Bertz CT molecular complexity index is 595. The monoisotopic (exact) mass is 290 g/mol. The zero-order valence-electron chi connectivity index (χ0n) is 12.1. The fraction of sp³-hybridized carbons (Fsp3) is 0.333. The van der Waals surface area contributed by atoms with Gasteiger partial charge in [-0.1, -0.05) is 18.2 Å². The van der Waals surface area contributed by atoms with Crippen LogP contribution in [0.25, 0.3) is 0 Å². The lowest BCUT2D eigenvalue weighted by atomic mass is 10.1. The average Bonchev–Trinajstić information content (AvgIpc) is 2.95. The summed E-state index contributed by atoms with van der Waals surface area (Å²) < 4.78 is 15.2. The van der Waals surface area contributed by atoms with Crippen molar-refractivity contribution in [3.05, 3.63) is 41.8 Å². The van der Waals surface area contributed by atoms with E-state index in [-0.39, 0.29) is 11.7 Å². The van der Waals surface area contributed by atoms with Crippen molar-refractivity contribution in [2.45, 2.75) is 13.3 Å². The van der Waals surface area contributed by atoms with Crippen molar-refractivity contribution in [3.8, 4) is 0 Å². The molecule has 0 fully saturated rings. The number of ether oxygens (including phenoxy) is 2. The van der Waals surface area contributed by atoms with E-state index in [4.69, 9.17) is 13.9 Å². The van der Waals surface area contributed by atoms with Gasteiger partial charge in [0.25, 0.3) is 6.01 Å². The first kappa shape index (κ1) is 15.1. The lowest BCUT2D eigenvalue weighted by Gasteiger charge is -2.08. The summed E-state index contributed by atoms with van der Waals surface area (Å²) in [5, 5.41) is 3.06. The van der Waals surface area contributed by atoms with Crippen LogP contribution in [-0.2, 0) is 15.9 Å². The molecule has 2 rings (SSSR count). The Morgan fingerprint density at radius 2 is 2.19 bits per heavy atom. The van der Waals surface area contributed by atoms with Crippen LogP contribution in [0.15, 0.2) is 34.9 Å². The lowest BCUT2D eigenvalue weighted by Crippen LogP contribution is -2.05. The van der Waals surface area contributed by atoms with E-state index in [9.17, 15) is 4.79 Å². The number of methoxy groups -OCH3 is 1. The van der Waals surface area contributed by atoms with Gasteiger partial charge in [0.1, 0.15) is 6.26 Å². The number of anilines is 2. The number of nitrogens with zero attached hydrogens (tertiary/aromatic N) is 1. The number of nitrogens with one attached hydrogen (secondary N) is 1. The first-order valence-corrected chi connectivity index (χ1v) is 6.71. The standard InChI is InChI=1S/C15H18N2O4/c1-3-20-14(18)13-10-21-15(17-13)16-12-7-5-4-6-11(12)8-9-19-2/h4-7,10H,3,8-9H2,1-2H3,(H,16,17). The lowest BCUT2D eigenvalue weighted by molar-refractivity contribution is 0.0519. The highest BCUT2D eigenvalue weighted by Crippen LogP contribution is 2.21. The Kier molecular flexibility index (Phi) is 5.34. The summed E-state index contributed by atoms with van der Waals surface area (Å²) >= 11 is 0. The first-order chi connectivity index (χ1) is 10.2. The fourth-order valence-electron chi connectivity index (χ4n) is 1.82. The average molecular weight is 290 g/mol. The Morgan fingerprint density at radius 1 is 1.38 bits per heavy atom. The SMILES string of the molecule is CCOC(=O)c1coc(Nc2ccccc2CCOC)n1. The molecule has 1 aromatic carbocycles. The zero-order valence-corrected chi connectivity index (χ0v) is 12.1. The van der Waals surface area contributed by atoms with Gasteiger partial charge in [-0.3, -0.25) is 0 Å². The topological polar surface area (TPSA) is 73.6 Å². The van der Waals surface area contributed by atoms with Crippen LogP contribution in [0.2, 0.25) is 0 Å². The molecule has 1 N–H and O–H groups in total. The van der Waals surface area contributed by atoms with Crippen molar-refractivity contribution in [3.63, 3.8) is 0 Å². The highest BCUT2D eigenvalue weighted by Gasteiger charge is 2.13. The van der Waals surface area contributed by atoms with Crippen molar-refractivity contribution in [2.75, 3.05) is 25.6 Å². The van der Waals surface area contributed by atoms with Gasteiger partial charge in [-0.15, -0.1) is 0 Å². The third-order valence-electron chi connectivity index (χ3n) is 2.82. The van der Waals surface area contributed by atoms with Crippen LogP contribution in [0.1, 0.15) is 23.0 Å². The maximum atomic E-state index is 11.5. The first-order valence-electron chi connectivity index (χ1n) is 6.71. The van der Waals surface area contributed by atoms with E-state index in [1.54, 1.807) is 14.0 Å². The largest absolute Gasteiger partial charge is 0.461 e. The van der Waals surface area contributed by atoms with Gasteiger partial charge in [-0.05, 0) is 25.0 Å². The third-order valence-corrected chi connectivity index (χ3v) is 2.82. The van der Waals surface area contributed by atoms with Gasteiger partial charge in [0.05, 0.1) is 13.2 Å². The number of hydrogen-bond acceptors (Lipinski definition) is 6. The Morgan fingerprint density at radius 3 is 2.95 bits per heavy atom. The Hall–Kier alpha value is -2.34. The van der Waals surface area contributed by atoms with Crippen LogP contribution >= 0.6 is 0 Å². The number of carbonyl (C=O) groups excluding carboxylic acids is 1. The van der Waals surface area contributed by atoms with Gasteiger partial charge >= 0.3 is 5.97 Å². The molecule has 21 heavy (non-hydrogen) atoms. The molecular weight excluding hydrogens is 272 g/mol. The van der Waals surface area contributed by atoms with E-state index in [1.165, 1.54) is 6.26 Å². The molecule has 1 heterocycles. The van der Waals surface area contributed by atoms with E-state index in [2.05, 4.69) is 10.3 Å². The van der Waals surface area contributed by atoms with E-state index in [0.717, 1.165) is 17.7 Å². The number of carbonyl (C=O) groups is 1. The van der Waals surface area contributed by atoms with Gasteiger partial charge < -0.3 is 19.2 Å². The van der Waals surface area contributed by atoms with E-state index in [1.807, 2.05) is 24.3 Å². The van der Waals surface area contributed by atoms with Crippen LogP contribution in [0, 0.1) is 0 Å². The minimum atomic E-state index is -0.498. The number of benzene rings is 1. The molecule has 0 bridgehead atoms. The molecule has 0 spiro atoms. The van der Waals surface area contributed by atoms with Crippen molar-refractivity contribution in [1.29, 1.82) is 0 Å². The smallest absolute Gasteiger partial charge is 0.360 e. The van der Waals surface area contributed by atoms with Crippen LogP contribution in [0.5, 0.6) is 0 Å². The predicted octanol–water partition coefficient (Wildman–Crippen LogP) is 2.78. The highest BCUT2D eigenvalue weighted by molar-refractivity contribution is 5.87. The Balaban J connectivity index is 2.10. The van der Waals surface area contributed by atoms with E-state index in [0.29, 0.717) is 13.2 Å². The van der Waals surface area contributed by atoms with Crippen LogP contribution in [0.3, 0.4) is 0 Å². The second-order valence-corrected chi connectivity index (χ2v) is 4.28. The molecule has 1 aromatic heterocycles. The normalized spacial score (nSPS) is 10.4. The summed E-state index contributed by atoms with van der Waals surface area (Å²) in [5.74, 6) is -0.498. The molecule has 6 nitrogen and oxygen atoms in total. The summed E-state index contributed by atoms with van der Waals surface area (Å²) in [7, 11) is 1.66. The zero-order chi connectivity index (χ0) is 15.1. The summed E-state index contributed by atoms with van der Waals surface area (Å²) in [6, 6.07) is 8.03. The number of para-hydroxylation sites is 1. The number of oxazole rings is 1. The molecule has 0 atom stereocenters.